The van der Waals surface area contributed by atoms with Crippen LogP contribution in [0.3, 0.4) is 0 Å². The van der Waals surface area contributed by atoms with Crippen LogP contribution in [-0.4, -0.2) is 40.5 Å². The molecule has 0 bridgehead atoms. The minimum absolute atomic E-state index is 0.111. The number of aromatic nitrogens is 3. The fourth-order valence-corrected chi connectivity index (χ4v) is 3.44. The molecule has 0 radical (unpaired) electrons. The molecule has 7 heteroatoms. The number of pyridine rings is 1. The average molecular weight is 398 g/mol. The normalized spacial score (nSPS) is 12.1. The Hall–Kier alpha value is -3.71. The van der Waals surface area contributed by atoms with Crippen molar-refractivity contribution < 1.29 is 0 Å². The summed E-state index contributed by atoms with van der Waals surface area (Å²) in [6, 6.07) is 19.0. The molecule has 0 aliphatic rings. The molecule has 0 amide bonds. The molecule has 4 rings (SSSR count). The quantitative estimate of drug-likeness (QED) is 0.450. The lowest BCUT2D eigenvalue weighted by atomic mass is 10.1. The first-order valence-corrected chi connectivity index (χ1v) is 9.67. The van der Waals surface area contributed by atoms with Crippen molar-refractivity contribution in [1.29, 1.82) is 0 Å². The molecule has 30 heavy (non-hydrogen) atoms. The maximum atomic E-state index is 11.3. The molecule has 0 saturated carbocycles. The van der Waals surface area contributed by atoms with Crippen molar-refractivity contribution in [3.8, 4) is 11.4 Å². The summed E-state index contributed by atoms with van der Waals surface area (Å²) in [4.78, 5) is 27.1. The summed E-state index contributed by atoms with van der Waals surface area (Å²) in [6.45, 7) is 0.632. The minimum atomic E-state index is 0.111. The Balaban J connectivity index is 1.73. The second-order valence-electron chi connectivity index (χ2n) is 7.17. The highest BCUT2D eigenvalue weighted by Gasteiger charge is 2.17. The molecule has 1 unspecified atom stereocenters. The highest BCUT2D eigenvalue weighted by molar-refractivity contribution is 5.91. The van der Waals surface area contributed by atoms with Crippen molar-refractivity contribution >= 4 is 22.4 Å². The first kappa shape index (κ1) is 19.6. The molecule has 2 heterocycles. The lowest BCUT2D eigenvalue weighted by Gasteiger charge is -2.25. The van der Waals surface area contributed by atoms with Gasteiger partial charge in [-0.25, -0.2) is 9.97 Å². The van der Waals surface area contributed by atoms with E-state index in [-0.39, 0.29) is 6.04 Å². The van der Waals surface area contributed by atoms with E-state index in [0.29, 0.717) is 29.4 Å². The number of hydrogen-bond acceptors (Lipinski definition) is 7. The van der Waals surface area contributed by atoms with Gasteiger partial charge < -0.3 is 10.2 Å². The third kappa shape index (κ3) is 4.01. The molecule has 0 saturated heterocycles. The summed E-state index contributed by atoms with van der Waals surface area (Å²) in [7, 11) is 4.07. The van der Waals surface area contributed by atoms with Crippen LogP contribution in [0.25, 0.3) is 22.3 Å². The van der Waals surface area contributed by atoms with Gasteiger partial charge >= 0.3 is 0 Å². The zero-order valence-corrected chi connectivity index (χ0v) is 16.9. The van der Waals surface area contributed by atoms with Gasteiger partial charge in [0.05, 0.1) is 11.6 Å². The van der Waals surface area contributed by atoms with E-state index in [1.54, 1.807) is 18.3 Å². The topological polar surface area (TPSA) is 83.4 Å². The van der Waals surface area contributed by atoms with Crippen LogP contribution >= 0.6 is 0 Å². The summed E-state index contributed by atoms with van der Waals surface area (Å²) in [5.41, 5.74) is 2.84. The highest BCUT2D eigenvalue weighted by atomic mass is 16.3. The van der Waals surface area contributed by atoms with E-state index in [2.05, 4.69) is 31.4 Å². The van der Waals surface area contributed by atoms with Crippen LogP contribution in [0.5, 0.6) is 0 Å². The molecule has 0 spiro atoms. The second-order valence-corrected chi connectivity index (χ2v) is 7.17. The molecule has 2 aromatic heterocycles. The average Bonchev–Trinajstić information content (AvgIpc) is 2.79. The Kier molecular flexibility index (Phi) is 5.72. The predicted molar refractivity (Wildman–Crippen MR) is 120 cm³/mol. The monoisotopic (exact) mass is 398 g/mol. The van der Waals surface area contributed by atoms with Crippen LogP contribution in [0.4, 0.5) is 11.5 Å². The van der Waals surface area contributed by atoms with Crippen LogP contribution < -0.4 is 5.32 Å². The SMILES string of the molecule is CN(C)C(CNc1nc(-c2ccccc2N=O)nc2ccccc12)c1cccnc1. The number of nitrogens with one attached hydrogen (secondary N) is 1. The molecule has 2 aromatic carbocycles. The van der Waals surface area contributed by atoms with Gasteiger partial charge in [-0.3, -0.25) is 4.98 Å². The van der Waals surface area contributed by atoms with Crippen LogP contribution in [0, 0.1) is 4.91 Å². The van der Waals surface area contributed by atoms with Gasteiger partial charge in [0.1, 0.15) is 11.5 Å². The Morgan fingerprint density at radius 2 is 1.80 bits per heavy atom. The van der Waals surface area contributed by atoms with Crippen molar-refractivity contribution in [2.75, 3.05) is 26.0 Å². The van der Waals surface area contributed by atoms with Crippen LogP contribution in [0.15, 0.2) is 78.2 Å². The Morgan fingerprint density at radius 1 is 1.00 bits per heavy atom. The molecule has 0 fully saturated rings. The molecule has 4 aromatic rings. The maximum absolute atomic E-state index is 11.3. The Labute approximate surface area is 174 Å². The molecular weight excluding hydrogens is 376 g/mol. The molecule has 150 valence electrons. The molecule has 0 aliphatic carbocycles. The van der Waals surface area contributed by atoms with Crippen molar-refractivity contribution in [3.05, 3.63) is 83.5 Å². The van der Waals surface area contributed by atoms with Crippen LogP contribution in [0.1, 0.15) is 11.6 Å². The summed E-state index contributed by atoms with van der Waals surface area (Å²) in [5, 5.41) is 7.53. The summed E-state index contributed by atoms with van der Waals surface area (Å²) < 4.78 is 0. The fourth-order valence-electron chi connectivity index (χ4n) is 3.44. The first-order chi connectivity index (χ1) is 14.7. The van der Waals surface area contributed by atoms with E-state index >= 15 is 0 Å². The molecule has 1 atom stereocenters. The number of para-hydroxylation sites is 1. The van der Waals surface area contributed by atoms with Crippen LogP contribution in [0.2, 0.25) is 0 Å². The van der Waals surface area contributed by atoms with E-state index < -0.39 is 0 Å². The summed E-state index contributed by atoms with van der Waals surface area (Å²) >= 11 is 0. The van der Waals surface area contributed by atoms with Crippen molar-refractivity contribution in [3.63, 3.8) is 0 Å². The van der Waals surface area contributed by atoms with Gasteiger partial charge in [0.25, 0.3) is 0 Å². The molecule has 0 aliphatic heterocycles. The Morgan fingerprint density at radius 3 is 2.57 bits per heavy atom. The first-order valence-electron chi connectivity index (χ1n) is 9.67. The smallest absolute Gasteiger partial charge is 0.164 e. The lowest BCUT2D eigenvalue weighted by molar-refractivity contribution is 0.311. The highest BCUT2D eigenvalue weighted by Crippen LogP contribution is 2.31. The summed E-state index contributed by atoms with van der Waals surface area (Å²) in [5.74, 6) is 1.18. The number of rotatable bonds is 7. The molecule has 1 N–H and O–H groups in total. The maximum Gasteiger partial charge on any atom is 0.164 e. The second kappa shape index (κ2) is 8.75. The van der Waals surface area contributed by atoms with Gasteiger partial charge in [0.2, 0.25) is 0 Å². The van der Waals surface area contributed by atoms with Crippen molar-refractivity contribution in [2.24, 2.45) is 5.18 Å². The zero-order valence-electron chi connectivity index (χ0n) is 16.9. The number of benzene rings is 2. The van der Waals surface area contributed by atoms with E-state index in [0.717, 1.165) is 16.5 Å². The van der Waals surface area contributed by atoms with Gasteiger partial charge in [0.15, 0.2) is 5.82 Å². The van der Waals surface area contributed by atoms with Gasteiger partial charge in [0, 0.05) is 29.9 Å². The molecular formula is C23H22N6O. The number of fused-ring (bicyclic) bond motifs is 1. The van der Waals surface area contributed by atoms with E-state index in [9.17, 15) is 4.91 Å². The largest absolute Gasteiger partial charge is 0.368 e. The number of nitroso groups, excluding NO2 is 1. The number of nitrogens with zero attached hydrogens (tertiary/aromatic N) is 5. The Bertz CT molecular complexity index is 1160. The molecule has 7 nitrogen and oxygen atoms in total. The van der Waals surface area contributed by atoms with E-state index in [1.165, 1.54) is 0 Å². The zero-order chi connectivity index (χ0) is 20.9. The van der Waals surface area contributed by atoms with Crippen LogP contribution in [-0.2, 0) is 0 Å². The fraction of sp³-hybridized carbons (Fsp3) is 0.174. The van der Waals surface area contributed by atoms with Crippen molar-refractivity contribution in [1.82, 2.24) is 19.9 Å². The van der Waals surface area contributed by atoms with E-state index in [1.807, 2.05) is 62.8 Å². The van der Waals surface area contributed by atoms with Gasteiger partial charge in [-0.05, 0) is 55.2 Å². The van der Waals surface area contributed by atoms with Crippen molar-refractivity contribution in [2.45, 2.75) is 6.04 Å². The van der Waals surface area contributed by atoms with Gasteiger partial charge in [-0.2, -0.15) is 0 Å². The van der Waals surface area contributed by atoms with Gasteiger partial charge in [-0.15, -0.1) is 4.91 Å². The predicted octanol–water partition coefficient (Wildman–Crippen LogP) is 4.80. The minimum Gasteiger partial charge on any atom is -0.368 e. The third-order valence-corrected chi connectivity index (χ3v) is 5.00. The number of anilines is 1. The number of hydrogen-bond donors (Lipinski definition) is 1. The third-order valence-electron chi connectivity index (χ3n) is 5.00. The number of likely N-dealkylation sites (N-methyl/N-ethyl adjacent to an activating group) is 1. The summed E-state index contributed by atoms with van der Waals surface area (Å²) in [6.07, 6.45) is 3.65. The van der Waals surface area contributed by atoms with Gasteiger partial charge in [-0.1, -0.05) is 30.3 Å². The van der Waals surface area contributed by atoms with E-state index in [4.69, 9.17) is 4.98 Å². The standard InChI is InChI=1S/C23H22N6O/c1-29(2)21(16-8-7-13-24-14-16)15-25-22-17-9-3-5-11-19(17)26-23(27-22)18-10-4-6-12-20(18)28-30/h3-14,21H,15H2,1-2H3,(H,25,26,27). The lowest BCUT2D eigenvalue weighted by Crippen LogP contribution is -2.27.